The highest BCUT2D eigenvalue weighted by Crippen LogP contribution is 2.20. The molecule has 0 saturated carbocycles. The van der Waals surface area contributed by atoms with Crippen LogP contribution < -0.4 is 10.0 Å². The number of furan rings is 1. The van der Waals surface area contributed by atoms with Crippen LogP contribution in [0.5, 0.6) is 0 Å². The number of nitrogens with one attached hydrogen (secondary N) is 2. The number of sulfonamides is 1. The zero-order valence-corrected chi connectivity index (χ0v) is 17.0. The fourth-order valence-electron chi connectivity index (χ4n) is 2.36. The van der Waals surface area contributed by atoms with Crippen molar-refractivity contribution in [3.05, 3.63) is 76.7 Å². The number of halogens is 1. The van der Waals surface area contributed by atoms with Crippen LogP contribution in [0.15, 0.2) is 74.6 Å². The molecule has 0 radical (unpaired) electrons. The number of benzene rings is 2. The molecule has 3 rings (SSSR count). The number of carbonyl (C=O) groups excluding carboxylic acids is 2. The zero-order valence-electron chi connectivity index (χ0n) is 14.6. The average molecular weight is 463 g/mol. The van der Waals surface area contributed by atoms with Gasteiger partial charge in [0.15, 0.2) is 16.2 Å². The lowest BCUT2D eigenvalue weighted by atomic mass is 10.1. The van der Waals surface area contributed by atoms with E-state index in [1.165, 1.54) is 43.3 Å². The van der Waals surface area contributed by atoms with Crippen LogP contribution in [0.1, 0.15) is 27.8 Å². The van der Waals surface area contributed by atoms with Gasteiger partial charge in [-0.2, -0.15) is 0 Å². The fourth-order valence-corrected chi connectivity index (χ4v) is 3.72. The Morgan fingerprint density at radius 3 is 2.29 bits per heavy atom. The van der Waals surface area contributed by atoms with E-state index in [2.05, 4.69) is 26.0 Å². The number of ketones is 1. The van der Waals surface area contributed by atoms with Crippen LogP contribution in [0.3, 0.4) is 0 Å². The van der Waals surface area contributed by atoms with Crippen LogP contribution >= 0.6 is 15.9 Å². The third kappa shape index (κ3) is 4.68. The van der Waals surface area contributed by atoms with Crippen molar-refractivity contribution in [1.82, 2.24) is 0 Å². The quantitative estimate of drug-likeness (QED) is 0.531. The second kappa shape index (κ2) is 7.99. The van der Waals surface area contributed by atoms with Crippen LogP contribution in [-0.2, 0) is 10.0 Å². The van der Waals surface area contributed by atoms with Crippen molar-refractivity contribution in [2.45, 2.75) is 11.8 Å². The van der Waals surface area contributed by atoms with Crippen LogP contribution in [0.4, 0.5) is 11.4 Å². The number of Topliss-reactive ketones (excluding diaryl/α,β-unsaturated/α-hetero) is 1. The molecule has 3 aromatic rings. The lowest BCUT2D eigenvalue weighted by Crippen LogP contribution is -2.14. The summed E-state index contributed by atoms with van der Waals surface area (Å²) >= 11 is 3.12. The highest BCUT2D eigenvalue weighted by atomic mass is 79.9. The molecule has 2 aromatic carbocycles. The minimum Gasteiger partial charge on any atom is -0.444 e. The van der Waals surface area contributed by atoms with Gasteiger partial charge in [-0.05, 0) is 71.4 Å². The minimum atomic E-state index is -3.85. The fraction of sp³-hybridized carbons (Fsp3) is 0.0526. The van der Waals surface area contributed by atoms with Gasteiger partial charge in [-0.1, -0.05) is 12.1 Å². The summed E-state index contributed by atoms with van der Waals surface area (Å²) in [7, 11) is -3.85. The van der Waals surface area contributed by atoms with Crippen molar-refractivity contribution >= 4 is 49.0 Å². The summed E-state index contributed by atoms with van der Waals surface area (Å²) in [5, 5.41) is 2.61. The van der Waals surface area contributed by atoms with Gasteiger partial charge in [0.1, 0.15) is 0 Å². The average Bonchev–Trinajstić information content (AvgIpc) is 3.08. The highest BCUT2D eigenvalue weighted by Gasteiger charge is 2.16. The topological polar surface area (TPSA) is 105 Å². The molecule has 0 bridgehead atoms. The van der Waals surface area contributed by atoms with E-state index in [1.807, 2.05) is 0 Å². The molecule has 2 N–H and O–H groups in total. The van der Waals surface area contributed by atoms with Gasteiger partial charge in [0.25, 0.3) is 15.9 Å². The van der Waals surface area contributed by atoms with E-state index in [-0.39, 0.29) is 22.1 Å². The summed E-state index contributed by atoms with van der Waals surface area (Å²) in [6.45, 7) is 1.40. The molecule has 1 heterocycles. The Morgan fingerprint density at radius 1 is 0.964 bits per heavy atom. The van der Waals surface area contributed by atoms with Crippen LogP contribution in [0.25, 0.3) is 0 Å². The second-order valence-electron chi connectivity index (χ2n) is 5.82. The second-order valence-corrected chi connectivity index (χ2v) is 8.29. The third-order valence-corrected chi connectivity index (χ3v) is 5.56. The molecule has 0 atom stereocenters. The van der Waals surface area contributed by atoms with Crippen molar-refractivity contribution < 1.29 is 22.4 Å². The van der Waals surface area contributed by atoms with E-state index in [4.69, 9.17) is 4.42 Å². The number of hydrogen-bond acceptors (Lipinski definition) is 5. The van der Waals surface area contributed by atoms with Gasteiger partial charge in [-0.3, -0.25) is 14.3 Å². The smallest absolute Gasteiger partial charge is 0.291 e. The van der Waals surface area contributed by atoms with E-state index in [0.717, 1.165) is 0 Å². The summed E-state index contributed by atoms with van der Waals surface area (Å²) in [5.74, 6) is -0.499. The van der Waals surface area contributed by atoms with Crippen molar-refractivity contribution in [3.63, 3.8) is 0 Å². The van der Waals surface area contributed by atoms with Gasteiger partial charge < -0.3 is 9.73 Å². The van der Waals surface area contributed by atoms with E-state index in [1.54, 1.807) is 24.3 Å². The lowest BCUT2D eigenvalue weighted by molar-refractivity contribution is 0.0992. The summed E-state index contributed by atoms with van der Waals surface area (Å²) in [4.78, 5) is 23.5. The Kier molecular flexibility index (Phi) is 5.66. The SMILES string of the molecule is CC(=O)c1cccc(NS(=O)(=O)c2ccc(NC(=O)c3ccc(Br)o3)cc2)c1. The first kappa shape index (κ1) is 19.8. The third-order valence-electron chi connectivity index (χ3n) is 3.74. The normalized spacial score (nSPS) is 11.1. The molecule has 7 nitrogen and oxygen atoms in total. The van der Waals surface area contributed by atoms with Gasteiger partial charge in [-0.15, -0.1) is 0 Å². The zero-order chi connectivity index (χ0) is 20.3. The van der Waals surface area contributed by atoms with E-state index >= 15 is 0 Å². The van der Waals surface area contributed by atoms with Crippen molar-refractivity contribution in [2.24, 2.45) is 0 Å². The molecule has 1 aromatic heterocycles. The predicted molar refractivity (Wildman–Crippen MR) is 108 cm³/mol. The van der Waals surface area contributed by atoms with Crippen molar-refractivity contribution in [3.8, 4) is 0 Å². The highest BCUT2D eigenvalue weighted by molar-refractivity contribution is 9.10. The molecule has 0 saturated heterocycles. The summed E-state index contributed by atoms with van der Waals surface area (Å²) < 4.78 is 33.1. The Balaban J connectivity index is 1.73. The molecule has 0 aliphatic heterocycles. The summed E-state index contributed by atoms with van der Waals surface area (Å²) in [6, 6.07) is 15.0. The number of carbonyl (C=O) groups is 2. The van der Waals surface area contributed by atoms with E-state index in [9.17, 15) is 18.0 Å². The number of anilines is 2. The van der Waals surface area contributed by atoms with Gasteiger partial charge in [-0.25, -0.2) is 8.42 Å². The Bertz CT molecular complexity index is 1140. The molecule has 28 heavy (non-hydrogen) atoms. The Hall–Kier alpha value is -2.91. The van der Waals surface area contributed by atoms with Gasteiger partial charge in [0.05, 0.1) is 4.90 Å². The van der Waals surface area contributed by atoms with Gasteiger partial charge in [0.2, 0.25) is 0 Å². The first-order valence-electron chi connectivity index (χ1n) is 8.05. The molecule has 9 heteroatoms. The number of amides is 1. The molecule has 0 unspecified atom stereocenters. The first-order valence-corrected chi connectivity index (χ1v) is 10.3. The Morgan fingerprint density at radius 2 is 1.68 bits per heavy atom. The van der Waals surface area contributed by atoms with Crippen LogP contribution in [0, 0.1) is 0 Å². The molecule has 0 aliphatic carbocycles. The molecule has 144 valence electrons. The molecule has 0 spiro atoms. The molecular formula is C19H15BrN2O5S. The summed E-state index contributed by atoms with van der Waals surface area (Å²) in [6.07, 6.45) is 0. The van der Waals surface area contributed by atoms with Crippen LogP contribution in [0.2, 0.25) is 0 Å². The summed E-state index contributed by atoms with van der Waals surface area (Å²) in [5.41, 5.74) is 1.10. The molecule has 1 amide bonds. The first-order chi connectivity index (χ1) is 13.2. The van der Waals surface area contributed by atoms with Crippen molar-refractivity contribution in [1.29, 1.82) is 0 Å². The van der Waals surface area contributed by atoms with Gasteiger partial charge >= 0.3 is 0 Å². The molecular weight excluding hydrogens is 448 g/mol. The van der Waals surface area contributed by atoms with E-state index < -0.39 is 15.9 Å². The number of hydrogen-bond donors (Lipinski definition) is 2. The molecule has 0 aliphatic rings. The van der Waals surface area contributed by atoms with Crippen molar-refractivity contribution in [2.75, 3.05) is 10.0 Å². The van der Waals surface area contributed by atoms with E-state index in [0.29, 0.717) is 15.9 Å². The maximum atomic E-state index is 12.5. The number of rotatable bonds is 6. The lowest BCUT2D eigenvalue weighted by Gasteiger charge is -2.10. The maximum Gasteiger partial charge on any atom is 0.291 e. The largest absolute Gasteiger partial charge is 0.444 e. The Labute approximate surface area is 169 Å². The maximum absolute atomic E-state index is 12.5. The predicted octanol–water partition coefficient (Wildman–Crippen LogP) is 4.30. The standard InChI is InChI=1S/C19H15BrN2O5S/c1-12(23)13-3-2-4-15(11-13)22-28(25,26)16-7-5-14(6-8-16)21-19(24)17-9-10-18(20)27-17/h2-11,22H,1H3,(H,21,24). The van der Waals surface area contributed by atoms with Gasteiger partial charge in [0, 0.05) is 16.9 Å². The minimum absolute atomic E-state index is 0.0134. The van der Waals surface area contributed by atoms with Crippen LogP contribution in [-0.4, -0.2) is 20.1 Å². The molecule has 0 fully saturated rings. The monoisotopic (exact) mass is 462 g/mol.